The van der Waals surface area contributed by atoms with Crippen LogP contribution in [0.1, 0.15) is 31.6 Å². The van der Waals surface area contributed by atoms with E-state index in [4.69, 9.17) is 10.5 Å². The molecule has 3 rings (SSSR count). The van der Waals surface area contributed by atoms with Crippen LogP contribution in [0.25, 0.3) is 0 Å². The summed E-state index contributed by atoms with van der Waals surface area (Å²) >= 11 is 1.60. The Morgan fingerprint density at radius 1 is 1.18 bits per heavy atom. The predicted molar refractivity (Wildman–Crippen MR) is 137 cm³/mol. The minimum Gasteiger partial charge on any atom is -0.497 e. The van der Waals surface area contributed by atoms with E-state index in [-0.39, 0.29) is 30.5 Å². The molecule has 34 heavy (non-hydrogen) atoms. The average Bonchev–Trinajstić information content (AvgIpc) is 3.34. The SMILES string of the molecule is CCCCn1c(N)c(N(CC)C(=O)CN(Cc2cccs2)c2ccc(OC)cc2)c(=O)[nH]c1=O. The van der Waals surface area contributed by atoms with Crippen LogP contribution in [-0.4, -0.2) is 35.7 Å². The molecule has 0 aliphatic rings. The van der Waals surface area contributed by atoms with E-state index in [1.807, 2.05) is 53.6 Å². The van der Waals surface area contributed by atoms with E-state index in [0.29, 0.717) is 13.1 Å². The first-order valence-corrected chi connectivity index (χ1v) is 12.1. The Balaban J connectivity index is 1.94. The second kappa shape index (κ2) is 11.6. The number of nitrogens with two attached hydrogens (primary N) is 1. The second-order valence-corrected chi connectivity index (χ2v) is 8.80. The normalized spacial score (nSPS) is 10.8. The van der Waals surface area contributed by atoms with Gasteiger partial charge in [0.05, 0.1) is 20.2 Å². The molecule has 10 heteroatoms. The third-order valence-corrected chi connectivity index (χ3v) is 6.39. The molecule has 182 valence electrons. The number of likely N-dealkylation sites (N-methyl/N-ethyl adjacent to an activating group) is 1. The van der Waals surface area contributed by atoms with Crippen molar-refractivity contribution >= 4 is 34.4 Å². The van der Waals surface area contributed by atoms with Crippen molar-refractivity contribution in [3.05, 3.63) is 67.5 Å². The molecule has 2 heterocycles. The summed E-state index contributed by atoms with van der Waals surface area (Å²) in [5.41, 5.74) is 5.86. The minimum atomic E-state index is -0.667. The molecule has 9 nitrogen and oxygen atoms in total. The third-order valence-electron chi connectivity index (χ3n) is 5.53. The van der Waals surface area contributed by atoms with Crippen molar-refractivity contribution < 1.29 is 9.53 Å². The largest absolute Gasteiger partial charge is 0.497 e. The number of carbonyl (C=O) groups excluding carboxylic acids is 1. The Hall–Kier alpha value is -3.53. The quantitative estimate of drug-likeness (QED) is 0.432. The van der Waals surface area contributed by atoms with Gasteiger partial charge in [0.25, 0.3) is 5.56 Å². The molecule has 0 aliphatic carbocycles. The molecule has 3 N–H and O–H groups in total. The zero-order chi connectivity index (χ0) is 24.7. The van der Waals surface area contributed by atoms with Gasteiger partial charge in [0.1, 0.15) is 11.6 Å². The summed E-state index contributed by atoms with van der Waals surface area (Å²) in [7, 11) is 1.60. The number of benzene rings is 1. The molecular formula is C24H31N5O4S. The van der Waals surface area contributed by atoms with Crippen molar-refractivity contribution in [1.82, 2.24) is 9.55 Å². The van der Waals surface area contributed by atoms with Gasteiger partial charge in [-0.2, -0.15) is 0 Å². The Bertz CT molecular complexity index is 1200. The van der Waals surface area contributed by atoms with E-state index >= 15 is 0 Å². The van der Waals surface area contributed by atoms with E-state index in [9.17, 15) is 14.4 Å². The van der Waals surface area contributed by atoms with Crippen LogP contribution >= 0.6 is 11.3 Å². The molecule has 0 fully saturated rings. The summed E-state index contributed by atoms with van der Waals surface area (Å²) in [6.45, 7) is 4.91. The van der Waals surface area contributed by atoms with Crippen molar-refractivity contribution in [3.63, 3.8) is 0 Å². The number of thiophene rings is 1. The van der Waals surface area contributed by atoms with Crippen molar-refractivity contribution in [3.8, 4) is 5.75 Å². The van der Waals surface area contributed by atoms with E-state index in [1.165, 1.54) is 9.47 Å². The first-order valence-electron chi connectivity index (χ1n) is 11.2. The summed E-state index contributed by atoms with van der Waals surface area (Å²) in [6, 6.07) is 11.4. The lowest BCUT2D eigenvalue weighted by Gasteiger charge is -2.28. The highest BCUT2D eigenvalue weighted by Crippen LogP contribution is 2.24. The average molecular weight is 486 g/mol. The highest BCUT2D eigenvalue weighted by Gasteiger charge is 2.25. The lowest BCUT2D eigenvalue weighted by Crippen LogP contribution is -2.45. The first-order chi connectivity index (χ1) is 16.4. The number of nitrogens with zero attached hydrogens (tertiary/aromatic N) is 3. The number of methoxy groups -OCH3 is 1. The summed E-state index contributed by atoms with van der Waals surface area (Å²) in [5, 5.41) is 1.99. The number of rotatable bonds is 11. The standard InChI is InChI=1S/C24H31N5O4S/c1-4-6-13-29-22(25)21(23(31)26-24(29)32)28(5-2)20(30)16-27(15-19-8-7-14-34-19)17-9-11-18(33-3)12-10-17/h7-12,14H,4-6,13,15-16,25H2,1-3H3,(H,26,31,32). The number of nitrogen functional groups attached to an aromatic ring is 1. The number of carbonyl (C=O) groups is 1. The molecule has 0 saturated heterocycles. The van der Waals surface area contributed by atoms with Crippen LogP contribution in [0.3, 0.4) is 0 Å². The Morgan fingerprint density at radius 2 is 1.91 bits per heavy atom. The highest BCUT2D eigenvalue weighted by molar-refractivity contribution is 7.09. The van der Waals surface area contributed by atoms with Crippen LogP contribution in [0.4, 0.5) is 17.2 Å². The highest BCUT2D eigenvalue weighted by atomic mass is 32.1. The topological polar surface area (TPSA) is 114 Å². The van der Waals surface area contributed by atoms with Gasteiger partial charge in [0.2, 0.25) is 5.91 Å². The molecule has 0 unspecified atom stereocenters. The maximum Gasteiger partial charge on any atom is 0.330 e. The van der Waals surface area contributed by atoms with Crippen molar-refractivity contribution in [2.24, 2.45) is 0 Å². The van der Waals surface area contributed by atoms with Gasteiger partial charge in [0.15, 0.2) is 5.69 Å². The van der Waals surface area contributed by atoms with Crippen molar-refractivity contribution in [2.45, 2.75) is 39.8 Å². The zero-order valence-corrected chi connectivity index (χ0v) is 20.6. The summed E-state index contributed by atoms with van der Waals surface area (Å²) in [4.78, 5) is 45.2. The molecule has 0 spiro atoms. The van der Waals surface area contributed by atoms with Gasteiger partial charge in [-0.05, 0) is 49.1 Å². The number of anilines is 3. The molecule has 3 aromatic rings. The summed E-state index contributed by atoms with van der Waals surface area (Å²) in [6.07, 6.45) is 1.58. The van der Waals surface area contributed by atoms with Gasteiger partial charge in [-0.3, -0.25) is 19.1 Å². The lowest BCUT2D eigenvalue weighted by atomic mass is 10.2. The van der Waals surface area contributed by atoms with Crippen LogP contribution in [-0.2, 0) is 17.9 Å². The Labute approximate surface area is 202 Å². The van der Waals surface area contributed by atoms with Crippen LogP contribution < -0.4 is 31.5 Å². The number of nitrogens with one attached hydrogen (secondary N) is 1. The summed E-state index contributed by atoms with van der Waals surface area (Å²) < 4.78 is 6.58. The zero-order valence-electron chi connectivity index (χ0n) is 19.7. The Kier molecular flexibility index (Phi) is 8.53. The number of amides is 1. The van der Waals surface area contributed by atoms with Gasteiger partial charge in [-0.1, -0.05) is 19.4 Å². The van der Waals surface area contributed by atoms with E-state index in [0.717, 1.165) is 29.2 Å². The summed E-state index contributed by atoms with van der Waals surface area (Å²) in [5.74, 6) is 0.425. The number of ether oxygens (including phenoxy) is 1. The van der Waals surface area contributed by atoms with E-state index in [2.05, 4.69) is 4.98 Å². The molecule has 0 atom stereocenters. The van der Waals surface area contributed by atoms with E-state index < -0.39 is 11.2 Å². The number of aromatic nitrogens is 2. The van der Waals surface area contributed by atoms with Gasteiger partial charge in [0, 0.05) is 23.7 Å². The first kappa shape index (κ1) is 25.1. The van der Waals surface area contributed by atoms with Crippen LogP contribution in [0, 0.1) is 0 Å². The molecule has 0 radical (unpaired) electrons. The second-order valence-electron chi connectivity index (χ2n) is 7.77. The monoisotopic (exact) mass is 485 g/mol. The molecular weight excluding hydrogens is 454 g/mol. The fraction of sp³-hybridized carbons (Fsp3) is 0.375. The van der Waals surface area contributed by atoms with Gasteiger partial charge in [-0.25, -0.2) is 4.79 Å². The van der Waals surface area contributed by atoms with E-state index in [1.54, 1.807) is 25.4 Å². The number of H-pyrrole nitrogens is 1. The Morgan fingerprint density at radius 3 is 2.50 bits per heavy atom. The number of hydrogen-bond donors (Lipinski definition) is 2. The fourth-order valence-corrected chi connectivity index (χ4v) is 4.43. The van der Waals surface area contributed by atoms with Crippen LogP contribution in [0.5, 0.6) is 5.75 Å². The van der Waals surface area contributed by atoms with Crippen molar-refractivity contribution in [1.29, 1.82) is 0 Å². The minimum absolute atomic E-state index is 0.00616. The van der Waals surface area contributed by atoms with Gasteiger partial charge >= 0.3 is 5.69 Å². The molecule has 0 saturated carbocycles. The maximum atomic E-state index is 13.5. The number of hydrogen-bond acceptors (Lipinski definition) is 7. The molecule has 2 aromatic heterocycles. The molecule has 0 aliphatic heterocycles. The fourth-order valence-electron chi connectivity index (χ4n) is 3.71. The predicted octanol–water partition coefficient (Wildman–Crippen LogP) is 3.05. The smallest absolute Gasteiger partial charge is 0.330 e. The van der Waals surface area contributed by atoms with Gasteiger partial charge < -0.3 is 20.3 Å². The van der Waals surface area contributed by atoms with Crippen molar-refractivity contribution in [2.75, 3.05) is 35.7 Å². The van der Waals surface area contributed by atoms with Crippen LogP contribution in [0.2, 0.25) is 0 Å². The molecule has 1 aromatic carbocycles. The lowest BCUT2D eigenvalue weighted by molar-refractivity contribution is -0.117. The van der Waals surface area contributed by atoms with Crippen LogP contribution in [0.15, 0.2) is 51.4 Å². The number of aromatic amines is 1. The third kappa shape index (κ3) is 5.69. The maximum absolute atomic E-state index is 13.5. The number of unbranched alkanes of at least 4 members (excludes halogenated alkanes) is 1. The molecule has 0 bridgehead atoms. The van der Waals surface area contributed by atoms with Gasteiger partial charge in [-0.15, -0.1) is 11.3 Å². The molecule has 1 amide bonds.